The summed E-state index contributed by atoms with van der Waals surface area (Å²) in [6.07, 6.45) is 1.42. The van der Waals surface area contributed by atoms with E-state index in [-0.39, 0.29) is 5.57 Å². The third-order valence-corrected chi connectivity index (χ3v) is 4.65. The third-order valence-electron chi connectivity index (χ3n) is 4.00. The number of carbonyl (C=O) groups is 1. The van der Waals surface area contributed by atoms with Crippen LogP contribution in [0, 0.1) is 18.3 Å². The molecule has 1 N–H and O–H groups in total. The molecule has 0 unspecified atom stereocenters. The van der Waals surface area contributed by atoms with Crippen molar-refractivity contribution in [2.45, 2.75) is 6.92 Å². The molecule has 140 valence electrons. The lowest BCUT2D eigenvalue weighted by Crippen LogP contribution is -2.13. The third kappa shape index (κ3) is 4.51. The van der Waals surface area contributed by atoms with E-state index in [0.717, 1.165) is 15.6 Å². The van der Waals surface area contributed by atoms with E-state index < -0.39 is 5.91 Å². The summed E-state index contributed by atoms with van der Waals surface area (Å²) in [7, 11) is 1.54. The van der Waals surface area contributed by atoms with Crippen molar-refractivity contribution < 1.29 is 13.9 Å². The van der Waals surface area contributed by atoms with E-state index in [0.29, 0.717) is 23.0 Å². The number of ether oxygens (including phenoxy) is 1. The zero-order valence-corrected chi connectivity index (χ0v) is 16.9. The Hall–Kier alpha value is -3.30. The largest absolute Gasteiger partial charge is 0.497 e. The molecule has 0 radical (unpaired) electrons. The molecule has 3 aromatic rings. The maximum absolute atomic E-state index is 12.4. The van der Waals surface area contributed by atoms with Gasteiger partial charge < -0.3 is 14.5 Å². The predicted molar refractivity (Wildman–Crippen MR) is 112 cm³/mol. The lowest BCUT2D eigenvalue weighted by molar-refractivity contribution is -0.112. The summed E-state index contributed by atoms with van der Waals surface area (Å²) in [6, 6.07) is 18.3. The second-order valence-electron chi connectivity index (χ2n) is 6.04. The highest BCUT2D eigenvalue weighted by atomic mass is 79.9. The predicted octanol–water partition coefficient (Wildman–Crippen LogP) is 5.57. The fourth-order valence-electron chi connectivity index (χ4n) is 2.59. The fraction of sp³-hybridized carbons (Fsp3) is 0.0909. The quantitative estimate of drug-likeness (QED) is 0.418. The van der Waals surface area contributed by atoms with Gasteiger partial charge in [-0.05, 0) is 48.9 Å². The molecule has 1 heterocycles. The van der Waals surface area contributed by atoms with E-state index in [1.807, 2.05) is 31.2 Å². The summed E-state index contributed by atoms with van der Waals surface area (Å²) in [5.41, 5.74) is 2.49. The molecule has 0 aliphatic carbocycles. The van der Waals surface area contributed by atoms with Gasteiger partial charge in [0, 0.05) is 27.9 Å². The standard InChI is InChI=1S/C22H17BrN2O3/c1-14-6-8-19(20(23)10-14)21-9-7-18(28-21)11-15(13-24)22(26)25-16-4-3-5-17(12-16)27-2/h3-12H,1-2H3,(H,25,26). The van der Waals surface area contributed by atoms with Crippen molar-refractivity contribution in [3.05, 3.63) is 76.0 Å². The Balaban J connectivity index is 1.82. The molecule has 0 aliphatic heterocycles. The van der Waals surface area contributed by atoms with Crippen molar-refractivity contribution in [2.75, 3.05) is 12.4 Å². The number of anilines is 1. The van der Waals surface area contributed by atoms with Gasteiger partial charge in [-0.25, -0.2) is 0 Å². The van der Waals surface area contributed by atoms with Crippen molar-refractivity contribution in [1.82, 2.24) is 0 Å². The van der Waals surface area contributed by atoms with Gasteiger partial charge in [0.25, 0.3) is 5.91 Å². The smallest absolute Gasteiger partial charge is 0.266 e. The number of nitriles is 1. The first kappa shape index (κ1) is 19.5. The Morgan fingerprint density at radius 2 is 2.04 bits per heavy atom. The Morgan fingerprint density at radius 1 is 1.21 bits per heavy atom. The van der Waals surface area contributed by atoms with Crippen LogP contribution in [-0.2, 0) is 4.79 Å². The van der Waals surface area contributed by atoms with Gasteiger partial charge >= 0.3 is 0 Å². The summed E-state index contributed by atoms with van der Waals surface area (Å²) in [4.78, 5) is 12.4. The first-order valence-electron chi connectivity index (χ1n) is 8.43. The summed E-state index contributed by atoms with van der Waals surface area (Å²) >= 11 is 3.53. The van der Waals surface area contributed by atoms with Crippen LogP contribution in [0.2, 0.25) is 0 Å². The minimum atomic E-state index is -0.523. The first-order valence-corrected chi connectivity index (χ1v) is 9.23. The van der Waals surface area contributed by atoms with Crippen LogP contribution in [0.4, 0.5) is 5.69 Å². The van der Waals surface area contributed by atoms with Gasteiger partial charge in [-0.1, -0.05) is 28.1 Å². The van der Waals surface area contributed by atoms with Crippen LogP contribution < -0.4 is 10.1 Å². The minimum absolute atomic E-state index is 0.0632. The Bertz CT molecular complexity index is 1090. The number of hydrogen-bond acceptors (Lipinski definition) is 4. The zero-order chi connectivity index (χ0) is 20.1. The van der Waals surface area contributed by atoms with Crippen LogP contribution in [0.5, 0.6) is 5.75 Å². The van der Waals surface area contributed by atoms with E-state index in [4.69, 9.17) is 9.15 Å². The highest BCUT2D eigenvalue weighted by molar-refractivity contribution is 9.10. The Labute approximate surface area is 171 Å². The number of hydrogen-bond donors (Lipinski definition) is 1. The highest BCUT2D eigenvalue weighted by Gasteiger charge is 2.13. The molecule has 0 bridgehead atoms. The van der Waals surface area contributed by atoms with Crippen molar-refractivity contribution in [1.29, 1.82) is 5.26 Å². The first-order chi connectivity index (χ1) is 13.5. The summed E-state index contributed by atoms with van der Waals surface area (Å²) < 4.78 is 11.8. The molecule has 0 aliphatic rings. The van der Waals surface area contributed by atoms with Gasteiger partial charge in [0.2, 0.25) is 0 Å². The maximum atomic E-state index is 12.4. The van der Waals surface area contributed by atoms with Gasteiger partial charge in [0.15, 0.2) is 0 Å². The number of furan rings is 1. The number of amides is 1. The fourth-order valence-corrected chi connectivity index (χ4v) is 3.27. The molecular formula is C22H17BrN2O3. The van der Waals surface area contributed by atoms with Crippen molar-refractivity contribution in [2.24, 2.45) is 0 Å². The van der Waals surface area contributed by atoms with Crippen LogP contribution in [0.3, 0.4) is 0 Å². The van der Waals surface area contributed by atoms with Crippen molar-refractivity contribution in [3.63, 3.8) is 0 Å². The lowest BCUT2D eigenvalue weighted by atomic mass is 10.1. The molecular weight excluding hydrogens is 420 g/mol. The molecule has 2 aromatic carbocycles. The minimum Gasteiger partial charge on any atom is -0.497 e. The Morgan fingerprint density at radius 3 is 2.75 bits per heavy atom. The number of halogens is 1. The molecule has 6 heteroatoms. The number of methoxy groups -OCH3 is 1. The molecule has 1 aromatic heterocycles. The number of aryl methyl sites for hydroxylation is 1. The second kappa shape index (κ2) is 8.59. The lowest BCUT2D eigenvalue weighted by Gasteiger charge is -2.06. The van der Waals surface area contributed by atoms with Gasteiger partial charge in [0.05, 0.1) is 7.11 Å². The summed E-state index contributed by atoms with van der Waals surface area (Å²) in [6.45, 7) is 2.00. The molecule has 0 saturated heterocycles. The van der Waals surface area contributed by atoms with Crippen LogP contribution in [0.1, 0.15) is 11.3 Å². The Kier molecular flexibility index (Phi) is 5.97. The molecule has 0 saturated carbocycles. The van der Waals surface area contributed by atoms with Crippen molar-refractivity contribution >= 4 is 33.6 Å². The van der Waals surface area contributed by atoms with Crippen LogP contribution >= 0.6 is 15.9 Å². The number of nitrogens with one attached hydrogen (secondary N) is 1. The van der Waals surface area contributed by atoms with Gasteiger partial charge in [-0.15, -0.1) is 0 Å². The highest BCUT2D eigenvalue weighted by Crippen LogP contribution is 2.31. The van der Waals surface area contributed by atoms with Crippen LogP contribution in [0.15, 0.2) is 69.1 Å². The molecule has 28 heavy (non-hydrogen) atoms. The van der Waals surface area contributed by atoms with E-state index in [9.17, 15) is 10.1 Å². The SMILES string of the molecule is COc1cccc(NC(=O)C(C#N)=Cc2ccc(-c3ccc(C)cc3Br)o2)c1. The molecule has 1 amide bonds. The van der Waals surface area contributed by atoms with Crippen molar-refractivity contribution in [3.8, 4) is 23.1 Å². The molecule has 0 atom stereocenters. The van der Waals surface area contributed by atoms with Gasteiger partial charge in [-0.3, -0.25) is 4.79 Å². The average molecular weight is 437 g/mol. The van der Waals surface area contributed by atoms with Gasteiger partial charge in [0.1, 0.15) is 28.9 Å². The topological polar surface area (TPSA) is 75.3 Å². The molecule has 5 nitrogen and oxygen atoms in total. The van der Waals surface area contributed by atoms with Crippen LogP contribution in [-0.4, -0.2) is 13.0 Å². The average Bonchev–Trinajstić information content (AvgIpc) is 3.14. The van der Waals surface area contributed by atoms with E-state index in [1.165, 1.54) is 6.08 Å². The van der Waals surface area contributed by atoms with E-state index in [1.54, 1.807) is 43.5 Å². The normalized spacial score (nSPS) is 11.0. The zero-order valence-electron chi connectivity index (χ0n) is 15.3. The summed E-state index contributed by atoms with van der Waals surface area (Å²) in [5.74, 6) is 1.15. The molecule has 0 fully saturated rings. The molecule has 0 spiro atoms. The van der Waals surface area contributed by atoms with Crippen LogP contribution in [0.25, 0.3) is 17.4 Å². The number of carbonyl (C=O) groups excluding carboxylic acids is 1. The second-order valence-corrected chi connectivity index (χ2v) is 6.90. The van der Waals surface area contributed by atoms with E-state index in [2.05, 4.69) is 21.2 Å². The monoisotopic (exact) mass is 436 g/mol. The number of nitrogens with zero attached hydrogens (tertiary/aromatic N) is 1. The van der Waals surface area contributed by atoms with E-state index >= 15 is 0 Å². The number of benzene rings is 2. The maximum Gasteiger partial charge on any atom is 0.266 e. The van der Waals surface area contributed by atoms with Gasteiger partial charge in [-0.2, -0.15) is 5.26 Å². The molecule has 3 rings (SSSR count). The summed E-state index contributed by atoms with van der Waals surface area (Å²) in [5, 5.41) is 12.1. The number of rotatable bonds is 5.